The number of nitrogen functional groups attached to an aromatic ring is 1. The Morgan fingerprint density at radius 2 is 1.92 bits per heavy atom. The third kappa shape index (κ3) is 4.38. The number of phenolic OH excluding ortho intramolecular Hbond substituents is 1. The van der Waals surface area contributed by atoms with E-state index in [2.05, 4.69) is 5.32 Å². The lowest BCUT2D eigenvalue weighted by Crippen LogP contribution is -2.23. The standard InChI is InChI=1S/C21H20N2O2/c22-19-6-1-3-15(13-19)14-23-21(25)18-5-2-4-16(7-8-18)17-9-11-20(24)12-10-17/h1-3,5-13,24H,4,14,22H2,(H,23,25). The van der Waals surface area contributed by atoms with Crippen molar-refractivity contribution in [1.82, 2.24) is 5.32 Å². The number of hydrogen-bond acceptors (Lipinski definition) is 3. The first kappa shape index (κ1) is 16.6. The molecule has 4 heteroatoms. The van der Waals surface area contributed by atoms with Gasteiger partial charge in [0, 0.05) is 17.8 Å². The summed E-state index contributed by atoms with van der Waals surface area (Å²) in [5, 5.41) is 12.3. The predicted octanol–water partition coefficient (Wildman–Crippen LogP) is 3.56. The van der Waals surface area contributed by atoms with Crippen LogP contribution in [0.25, 0.3) is 5.57 Å². The SMILES string of the molecule is Nc1cccc(CNC(=O)C2=CC=C(c3ccc(O)cc3)CC=C2)c1. The van der Waals surface area contributed by atoms with Crippen LogP contribution >= 0.6 is 0 Å². The zero-order valence-electron chi connectivity index (χ0n) is 13.8. The van der Waals surface area contributed by atoms with Crippen molar-refractivity contribution < 1.29 is 9.90 Å². The molecule has 126 valence electrons. The summed E-state index contributed by atoms with van der Waals surface area (Å²) in [6, 6.07) is 14.5. The smallest absolute Gasteiger partial charge is 0.251 e. The van der Waals surface area contributed by atoms with Gasteiger partial charge in [0.15, 0.2) is 0 Å². The van der Waals surface area contributed by atoms with Crippen molar-refractivity contribution in [2.75, 3.05) is 5.73 Å². The molecule has 0 bridgehead atoms. The number of anilines is 1. The van der Waals surface area contributed by atoms with Gasteiger partial charge < -0.3 is 16.2 Å². The molecule has 0 aromatic heterocycles. The number of phenols is 1. The number of benzene rings is 2. The topological polar surface area (TPSA) is 75.3 Å². The summed E-state index contributed by atoms with van der Waals surface area (Å²) in [6.07, 6.45) is 8.30. The highest BCUT2D eigenvalue weighted by Crippen LogP contribution is 2.24. The molecule has 1 amide bonds. The van der Waals surface area contributed by atoms with E-state index in [1.807, 2.05) is 60.7 Å². The van der Waals surface area contributed by atoms with Gasteiger partial charge >= 0.3 is 0 Å². The van der Waals surface area contributed by atoms with Crippen molar-refractivity contribution in [2.24, 2.45) is 0 Å². The first-order chi connectivity index (χ1) is 12.1. The van der Waals surface area contributed by atoms with E-state index >= 15 is 0 Å². The van der Waals surface area contributed by atoms with Gasteiger partial charge in [0.1, 0.15) is 5.75 Å². The molecule has 25 heavy (non-hydrogen) atoms. The van der Waals surface area contributed by atoms with Crippen molar-refractivity contribution >= 4 is 17.2 Å². The van der Waals surface area contributed by atoms with E-state index in [-0.39, 0.29) is 11.7 Å². The average molecular weight is 332 g/mol. The fourth-order valence-electron chi connectivity index (χ4n) is 2.66. The fourth-order valence-corrected chi connectivity index (χ4v) is 2.66. The van der Waals surface area contributed by atoms with Crippen molar-refractivity contribution in [1.29, 1.82) is 0 Å². The molecule has 0 heterocycles. The Labute approximate surface area is 147 Å². The lowest BCUT2D eigenvalue weighted by molar-refractivity contribution is -0.117. The number of nitrogens with two attached hydrogens (primary N) is 1. The third-order valence-electron chi connectivity index (χ3n) is 4.00. The van der Waals surface area contributed by atoms with Crippen LogP contribution in [0.3, 0.4) is 0 Å². The molecule has 1 aliphatic rings. The largest absolute Gasteiger partial charge is 0.508 e. The second-order valence-corrected chi connectivity index (χ2v) is 5.89. The second-order valence-electron chi connectivity index (χ2n) is 5.89. The average Bonchev–Trinajstić information content (AvgIpc) is 2.87. The highest BCUT2D eigenvalue weighted by atomic mass is 16.3. The fraction of sp³-hybridized carbons (Fsp3) is 0.0952. The number of hydrogen-bond donors (Lipinski definition) is 3. The van der Waals surface area contributed by atoms with E-state index in [9.17, 15) is 9.90 Å². The summed E-state index contributed by atoms with van der Waals surface area (Å²) in [6.45, 7) is 0.434. The molecule has 1 aliphatic carbocycles. The van der Waals surface area contributed by atoms with Gasteiger partial charge in [-0.3, -0.25) is 4.79 Å². The van der Waals surface area contributed by atoms with Gasteiger partial charge in [-0.1, -0.05) is 42.5 Å². The summed E-state index contributed by atoms with van der Waals surface area (Å²) in [4.78, 5) is 12.4. The Morgan fingerprint density at radius 1 is 1.12 bits per heavy atom. The van der Waals surface area contributed by atoms with Crippen LogP contribution in [0.2, 0.25) is 0 Å². The molecule has 2 aromatic carbocycles. The maximum absolute atomic E-state index is 12.4. The van der Waals surface area contributed by atoms with Crippen LogP contribution < -0.4 is 11.1 Å². The first-order valence-electron chi connectivity index (χ1n) is 8.11. The molecule has 0 atom stereocenters. The lowest BCUT2D eigenvalue weighted by atomic mass is 10.0. The molecular weight excluding hydrogens is 312 g/mol. The highest BCUT2D eigenvalue weighted by Gasteiger charge is 2.09. The number of amides is 1. The molecule has 0 unspecified atom stereocenters. The van der Waals surface area contributed by atoms with E-state index in [0.717, 1.165) is 23.1 Å². The molecule has 0 aliphatic heterocycles. The van der Waals surface area contributed by atoms with Crippen LogP contribution in [0.1, 0.15) is 17.5 Å². The van der Waals surface area contributed by atoms with Gasteiger partial charge in [-0.05, 0) is 53.5 Å². The maximum Gasteiger partial charge on any atom is 0.251 e. The normalized spacial score (nSPS) is 13.6. The van der Waals surface area contributed by atoms with Gasteiger partial charge in [-0.15, -0.1) is 0 Å². The van der Waals surface area contributed by atoms with Crippen molar-refractivity contribution in [2.45, 2.75) is 13.0 Å². The number of allylic oxidation sites excluding steroid dienone is 4. The molecule has 0 radical (unpaired) electrons. The van der Waals surface area contributed by atoms with Gasteiger partial charge in [0.05, 0.1) is 0 Å². The quantitative estimate of drug-likeness (QED) is 0.749. The number of rotatable bonds is 4. The summed E-state index contributed by atoms with van der Waals surface area (Å²) in [7, 11) is 0. The molecule has 4 N–H and O–H groups in total. The minimum absolute atomic E-state index is 0.123. The number of nitrogens with one attached hydrogen (secondary N) is 1. The molecule has 0 fully saturated rings. The Bertz CT molecular complexity index is 862. The summed E-state index contributed by atoms with van der Waals surface area (Å²) in [5.74, 6) is 0.118. The van der Waals surface area contributed by atoms with Gasteiger partial charge in [-0.2, -0.15) is 0 Å². The van der Waals surface area contributed by atoms with Crippen molar-refractivity contribution in [3.63, 3.8) is 0 Å². The van der Waals surface area contributed by atoms with E-state index in [4.69, 9.17) is 5.73 Å². The van der Waals surface area contributed by atoms with Crippen LogP contribution in [-0.2, 0) is 11.3 Å². The molecule has 2 aromatic rings. The first-order valence-corrected chi connectivity index (χ1v) is 8.11. The van der Waals surface area contributed by atoms with Gasteiger partial charge in [0.2, 0.25) is 0 Å². The molecular formula is C21H20N2O2. The van der Waals surface area contributed by atoms with Crippen LogP contribution in [0.4, 0.5) is 5.69 Å². The zero-order valence-corrected chi connectivity index (χ0v) is 13.8. The zero-order chi connectivity index (χ0) is 17.6. The van der Waals surface area contributed by atoms with Crippen molar-refractivity contribution in [3.8, 4) is 5.75 Å². The summed E-state index contributed by atoms with van der Waals surface area (Å²) >= 11 is 0. The maximum atomic E-state index is 12.4. The number of carbonyl (C=O) groups excluding carboxylic acids is 1. The van der Waals surface area contributed by atoms with E-state index < -0.39 is 0 Å². The highest BCUT2D eigenvalue weighted by molar-refractivity contribution is 5.97. The Morgan fingerprint density at radius 3 is 2.68 bits per heavy atom. The Kier molecular flexibility index (Phi) is 5.00. The molecule has 0 spiro atoms. The Hall–Kier alpha value is -3.27. The van der Waals surface area contributed by atoms with Crippen molar-refractivity contribution in [3.05, 3.63) is 89.5 Å². The monoisotopic (exact) mass is 332 g/mol. The van der Waals surface area contributed by atoms with Crippen LogP contribution in [-0.4, -0.2) is 11.0 Å². The van der Waals surface area contributed by atoms with Crippen LogP contribution in [0.15, 0.2) is 78.4 Å². The molecule has 0 saturated heterocycles. The summed E-state index contributed by atoms with van der Waals surface area (Å²) < 4.78 is 0. The summed E-state index contributed by atoms with van der Waals surface area (Å²) in [5.41, 5.74) is 10.1. The van der Waals surface area contributed by atoms with Gasteiger partial charge in [-0.25, -0.2) is 0 Å². The lowest BCUT2D eigenvalue weighted by Gasteiger charge is -2.06. The van der Waals surface area contributed by atoms with E-state index in [1.165, 1.54) is 0 Å². The minimum Gasteiger partial charge on any atom is -0.508 e. The second kappa shape index (κ2) is 7.53. The molecule has 4 nitrogen and oxygen atoms in total. The number of aromatic hydroxyl groups is 1. The Balaban J connectivity index is 1.69. The van der Waals surface area contributed by atoms with Gasteiger partial charge in [0.25, 0.3) is 5.91 Å². The van der Waals surface area contributed by atoms with Crippen LogP contribution in [0, 0.1) is 0 Å². The molecule has 0 saturated carbocycles. The van der Waals surface area contributed by atoms with Crippen LogP contribution in [0.5, 0.6) is 5.75 Å². The minimum atomic E-state index is -0.123. The van der Waals surface area contributed by atoms with E-state index in [1.54, 1.807) is 12.1 Å². The molecule has 3 rings (SSSR count). The van der Waals surface area contributed by atoms with E-state index in [0.29, 0.717) is 17.8 Å². The third-order valence-corrected chi connectivity index (χ3v) is 4.00. The number of carbonyl (C=O) groups is 1. The predicted molar refractivity (Wildman–Crippen MR) is 101 cm³/mol.